The van der Waals surface area contributed by atoms with Gasteiger partial charge in [0.1, 0.15) is 39.9 Å². The van der Waals surface area contributed by atoms with Gasteiger partial charge >= 0.3 is 5.97 Å². The van der Waals surface area contributed by atoms with Crippen LogP contribution >= 0.6 is 0 Å². The van der Waals surface area contributed by atoms with Crippen molar-refractivity contribution in [2.75, 3.05) is 21.3 Å². The highest BCUT2D eigenvalue weighted by Crippen LogP contribution is 2.36. The Morgan fingerprint density at radius 2 is 1.43 bits per heavy atom. The number of fused-ring (bicyclic) bond motifs is 1. The summed E-state index contributed by atoms with van der Waals surface area (Å²) in [5.41, 5.74) is 2.46. The molecule has 4 aromatic carbocycles. The van der Waals surface area contributed by atoms with Crippen LogP contribution in [0.25, 0.3) is 28.4 Å². The summed E-state index contributed by atoms with van der Waals surface area (Å²) in [5, 5.41) is 0.568. The van der Waals surface area contributed by atoms with Gasteiger partial charge in [-0.05, 0) is 48.6 Å². The number of hydrogen-bond donors (Lipinski definition) is 0. The summed E-state index contributed by atoms with van der Waals surface area (Å²) in [7, 11) is 4.59. The largest absolute Gasteiger partial charge is 0.497 e. The zero-order chi connectivity index (χ0) is 28.1. The topological polar surface area (TPSA) is 84.2 Å². The van der Waals surface area contributed by atoms with Crippen molar-refractivity contribution in [1.82, 2.24) is 0 Å². The summed E-state index contributed by atoms with van der Waals surface area (Å²) in [6.07, 6.45) is 3.01. The van der Waals surface area contributed by atoms with Crippen LogP contribution in [0.15, 0.2) is 101 Å². The molecule has 0 N–H and O–H groups in total. The van der Waals surface area contributed by atoms with Gasteiger partial charge in [-0.25, -0.2) is 4.79 Å². The first-order valence-corrected chi connectivity index (χ1v) is 12.4. The third kappa shape index (κ3) is 5.31. The van der Waals surface area contributed by atoms with Crippen molar-refractivity contribution >= 4 is 28.8 Å². The van der Waals surface area contributed by atoms with E-state index < -0.39 is 5.97 Å². The second-order valence-electron chi connectivity index (χ2n) is 8.73. The van der Waals surface area contributed by atoms with Gasteiger partial charge in [-0.2, -0.15) is 0 Å². The number of rotatable bonds is 9. The van der Waals surface area contributed by atoms with Crippen molar-refractivity contribution in [3.63, 3.8) is 0 Å². The molecule has 0 aliphatic heterocycles. The molecule has 1 aromatic heterocycles. The van der Waals surface area contributed by atoms with Crippen molar-refractivity contribution < 1.29 is 33.0 Å². The smallest absolute Gasteiger partial charge is 0.348 e. The van der Waals surface area contributed by atoms with Crippen LogP contribution in [0, 0.1) is 0 Å². The molecule has 0 saturated carbocycles. The Morgan fingerprint density at radius 3 is 2.17 bits per heavy atom. The van der Waals surface area contributed by atoms with Crippen LogP contribution in [-0.2, 0) is 0 Å². The molecule has 0 unspecified atom stereocenters. The molecule has 5 aromatic rings. The zero-order valence-corrected chi connectivity index (χ0v) is 22.2. The van der Waals surface area contributed by atoms with Crippen molar-refractivity contribution in [1.29, 1.82) is 0 Å². The minimum Gasteiger partial charge on any atom is -0.497 e. The van der Waals surface area contributed by atoms with Crippen LogP contribution in [0.2, 0.25) is 0 Å². The van der Waals surface area contributed by atoms with E-state index in [4.69, 9.17) is 23.4 Å². The Hall–Kier alpha value is -5.30. The van der Waals surface area contributed by atoms with E-state index in [1.165, 1.54) is 13.2 Å². The molecule has 0 aliphatic carbocycles. The highest BCUT2D eigenvalue weighted by Gasteiger charge is 2.25. The average molecular weight is 535 g/mol. The van der Waals surface area contributed by atoms with E-state index in [0.717, 1.165) is 5.56 Å². The maximum Gasteiger partial charge on any atom is 0.348 e. The van der Waals surface area contributed by atoms with Crippen molar-refractivity contribution in [3.05, 3.63) is 114 Å². The van der Waals surface area contributed by atoms with Crippen LogP contribution in [0.5, 0.6) is 23.0 Å². The van der Waals surface area contributed by atoms with Gasteiger partial charge in [0.15, 0.2) is 5.78 Å². The predicted octanol–water partition coefficient (Wildman–Crippen LogP) is 7.24. The standard InChI is InChI=1S/C33H26O7/c1-36-23-15-18-29-26(19-23)31(32(39-29)22-10-5-4-6-11-22)33(35)40-28-12-8-7-9-21(28)13-17-27(34)25-16-14-24(37-2)20-30(25)38-3/h4-20H,1-3H3/b17-13+. The lowest BCUT2D eigenvalue weighted by Gasteiger charge is -2.09. The van der Waals surface area contributed by atoms with E-state index in [9.17, 15) is 9.59 Å². The number of benzene rings is 4. The van der Waals surface area contributed by atoms with E-state index in [-0.39, 0.29) is 17.1 Å². The van der Waals surface area contributed by atoms with Crippen molar-refractivity contribution in [2.24, 2.45) is 0 Å². The fourth-order valence-electron chi connectivity index (χ4n) is 4.32. The van der Waals surface area contributed by atoms with E-state index in [1.54, 1.807) is 81.0 Å². The first-order valence-electron chi connectivity index (χ1n) is 12.4. The Balaban J connectivity index is 1.48. The van der Waals surface area contributed by atoms with Crippen LogP contribution in [0.4, 0.5) is 0 Å². The van der Waals surface area contributed by atoms with Gasteiger partial charge < -0.3 is 23.4 Å². The number of allylic oxidation sites excluding steroid dienone is 1. The van der Waals surface area contributed by atoms with Crippen LogP contribution in [0.1, 0.15) is 26.3 Å². The lowest BCUT2D eigenvalue weighted by molar-refractivity contribution is 0.0736. The van der Waals surface area contributed by atoms with E-state index in [1.807, 2.05) is 30.3 Å². The lowest BCUT2D eigenvalue weighted by Crippen LogP contribution is -2.10. The molecule has 0 atom stereocenters. The highest BCUT2D eigenvalue weighted by atomic mass is 16.5. The summed E-state index contributed by atoms with van der Waals surface area (Å²) in [4.78, 5) is 26.7. The molecule has 5 rings (SSSR count). The minimum atomic E-state index is -0.602. The Bertz CT molecular complexity index is 1710. The fraction of sp³-hybridized carbons (Fsp3) is 0.0909. The average Bonchev–Trinajstić information content (AvgIpc) is 3.39. The number of carbonyl (C=O) groups excluding carboxylic acids is 2. The molecule has 7 heteroatoms. The number of esters is 1. The first-order chi connectivity index (χ1) is 19.5. The summed E-state index contributed by atoms with van der Waals surface area (Å²) in [6.45, 7) is 0. The Labute approximate surface area is 231 Å². The van der Waals surface area contributed by atoms with Gasteiger partial charge in [0.05, 0.1) is 26.9 Å². The SMILES string of the molecule is COc1ccc(C(=O)/C=C/c2ccccc2OC(=O)c2c(-c3ccccc3)oc3ccc(OC)cc23)c(OC)c1. The molecule has 0 saturated heterocycles. The quantitative estimate of drug-likeness (QED) is 0.0853. The zero-order valence-electron chi connectivity index (χ0n) is 22.2. The molecule has 40 heavy (non-hydrogen) atoms. The van der Waals surface area contributed by atoms with E-state index >= 15 is 0 Å². The second-order valence-corrected chi connectivity index (χ2v) is 8.73. The number of para-hydroxylation sites is 1. The van der Waals surface area contributed by atoms with Crippen LogP contribution in [-0.4, -0.2) is 33.1 Å². The third-order valence-electron chi connectivity index (χ3n) is 6.35. The van der Waals surface area contributed by atoms with Crippen molar-refractivity contribution in [2.45, 2.75) is 0 Å². The number of hydrogen-bond acceptors (Lipinski definition) is 7. The maximum absolute atomic E-state index is 13.7. The minimum absolute atomic E-state index is 0.276. The molecule has 0 fully saturated rings. The first kappa shape index (κ1) is 26.3. The van der Waals surface area contributed by atoms with E-state index in [2.05, 4.69) is 0 Å². The molecule has 7 nitrogen and oxygen atoms in total. The van der Waals surface area contributed by atoms with Crippen LogP contribution in [0.3, 0.4) is 0 Å². The Morgan fingerprint density at radius 1 is 0.725 bits per heavy atom. The molecule has 0 bridgehead atoms. The molecule has 1 heterocycles. The van der Waals surface area contributed by atoms with Gasteiger partial charge in [0.25, 0.3) is 0 Å². The highest BCUT2D eigenvalue weighted by molar-refractivity contribution is 6.10. The molecule has 0 spiro atoms. The summed E-state index contributed by atoms with van der Waals surface area (Å²) in [6, 6.07) is 26.6. The molecule has 0 aliphatic rings. The number of methoxy groups -OCH3 is 3. The van der Waals surface area contributed by atoms with Gasteiger partial charge in [-0.15, -0.1) is 0 Å². The van der Waals surface area contributed by atoms with Crippen LogP contribution < -0.4 is 18.9 Å². The number of ether oxygens (including phenoxy) is 4. The molecule has 0 amide bonds. The summed E-state index contributed by atoms with van der Waals surface area (Å²) in [5.74, 6) is 1.35. The predicted molar refractivity (Wildman–Crippen MR) is 153 cm³/mol. The molecule has 0 radical (unpaired) electrons. The molecule has 200 valence electrons. The number of furan rings is 1. The summed E-state index contributed by atoms with van der Waals surface area (Å²) < 4.78 is 28.0. The Kier molecular flexibility index (Phi) is 7.64. The lowest BCUT2D eigenvalue weighted by atomic mass is 10.1. The van der Waals surface area contributed by atoms with Crippen molar-refractivity contribution in [3.8, 4) is 34.3 Å². The summed E-state index contributed by atoms with van der Waals surface area (Å²) >= 11 is 0. The second kappa shape index (κ2) is 11.6. The number of ketones is 1. The van der Waals surface area contributed by atoms with Gasteiger partial charge in [-0.1, -0.05) is 48.5 Å². The van der Waals surface area contributed by atoms with Gasteiger partial charge in [-0.3, -0.25) is 4.79 Å². The monoisotopic (exact) mass is 534 g/mol. The molecular weight excluding hydrogens is 508 g/mol. The van der Waals surface area contributed by atoms with E-state index in [0.29, 0.717) is 45.1 Å². The fourth-order valence-corrected chi connectivity index (χ4v) is 4.32. The normalized spacial score (nSPS) is 11.0. The maximum atomic E-state index is 13.7. The van der Waals surface area contributed by atoms with Gasteiger partial charge in [0.2, 0.25) is 0 Å². The number of carbonyl (C=O) groups is 2. The molecular formula is C33H26O7. The van der Waals surface area contributed by atoms with Gasteiger partial charge in [0, 0.05) is 22.6 Å². The third-order valence-corrected chi connectivity index (χ3v) is 6.35.